The van der Waals surface area contributed by atoms with Crippen LogP contribution in [0.5, 0.6) is 0 Å². The van der Waals surface area contributed by atoms with Crippen LogP contribution >= 0.6 is 0 Å². The molecule has 0 heterocycles. The van der Waals surface area contributed by atoms with Crippen LogP contribution in [0.4, 0.5) is 0 Å². The first-order valence-electron chi connectivity index (χ1n) is 11.7. The van der Waals surface area contributed by atoms with Gasteiger partial charge in [0.05, 0.1) is 11.4 Å². The molecule has 0 aromatic heterocycles. The van der Waals surface area contributed by atoms with E-state index in [1.807, 2.05) is 58.9 Å². The van der Waals surface area contributed by atoms with E-state index in [2.05, 4.69) is 5.32 Å². The number of nitrogens with zero attached hydrogens (tertiary/aromatic N) is 2. The molecule has 0 bridgehead atoms. The first-order chi connectivity index (χ1) is 16.0. The van der Waals surface area contributed by atoms with Gasteiger partial charge in [0.2, 0.25) is 21.8 Å². The van der Waals surface area contributed by atoms with Crippen LogP contribution in [0.3, 0.4) is 0 Å². The fourth-order valence-electron chi connectivity index (χ4n) is 3.51. The molecule has 34 heavy (non-hydrogen) atoms. The van der Waals surface area contributed by atoms with Crippen LogP contribution in [-0.4, -0.2) is 55.1 Å². The molecule has 0 aliphatic rings. The molecule has 186 valence electrons. The van der Waals surface area contributed by atoms with E-state index in [1.165, 1.54) is 24.1 Å². The second-order valence-corrected chi connectivity index (χ2v) is 10.9. The van der Waals surface area contributed by atoms with Crippen molar-refractivity contribution in [1.82, 2.24) is 14.5 Å². The molecule has 0 radical (unpaired) electrons. The van der Waals surface area contributed by atoms with Crippen molar-refractivity contribution in [3.05, 3.63) is 65.2 Å². The number of sulfonamides is 1. The number of aryl methyl sites for hydroxylation is 2. The Morgan fingerprint density at radius 1 is 0.912 bits per heavy atom. The van der Waals surface area contributed by atoms with E-state index in [-0.39, 0.29) is 29.9 Å². The number of carbonyl (C=O) groups excluding carboxylic acids is 2. The number of nitrogens with one attached hydrogen (secondary N) is 1. The number of rotatable bonds is 11. The van der Waals surface area contributed by atoms with E-state index < -0.39 is 22.0 Å². The van der Waals surface area contributed by atoms with Crippen molar-refractivity contribution in [2.75, 3.05) is 13.6 Å². The van der Waals surface area contributed by atoms with Gasteiger partial charge in [-0.1, -0.05) is 61.4 Å². The standard InChI is InChI=1S/C26H37N3O4S/c1-7-21(5)27-26(31)24(8-2)29(17-22-13-9-19(3)10-14-22)25(30)18-28(6)34(32,33)23-15-11-20(4)12-16-23/h9-16,21,24H,7-8,17-18H2,1-6H3,(H,27,31). The van der Waals surface area contributed by atoms with Gasteiger partial charge in [-0.2, -0.15) is 4.31 Å². The van der Waals surface area contributed by atoms with Crippen LogP contribution in [0.15, 0.2) is 53.4 Å². The van der Waals surface area contributed by atoms with Gasteiger partial charge in [-0.05, 0) is 51.3 Å². The smallest absolute Gasteiger partial charge is 0.243 e. The number of carbonyl (C=O) groups is 2. The number of amides is 2. The van der Waals surface area contributed by atoms with Gasteiger partial charge in [0.1, 0.15) is 6.04 Å². The molecule has 8 heteroatoms. The zero-order valence-electron chi connectivity index (χ0n) is 21.0. The molecule has 2 amide bonds. The number of likely N-dealkylation sites (N-methyl/N-ethyl adjacent to an activating group) is 1. The molecular formula is C26H37N3O4S. The Morgan fingerprint density at radius 2 is 1.44 bits per heavy atom. The molecule has 2 unspecified atom stereocenters. The average Bonchev–Trinajstić information content (AvgIpc) is 2.80. The molecule has 0 aliphatic carbocycles. The molecule has 0 spiro atoms. The molecule has 2 aromatic carbocycles. The van der Waals surface area contributed by atoms with E-state index in [4.69, 9.17) is 0 Å². The number of benzene rings is 2. The first kappa shape index (κ1) is 27.5. The van der Waals surface area contributed by atoms with Crippen LogP contribution in [0, 0.1) is 13.8 Å². The second-order valence-electron chi connectivity index (χ2n) is 8.82. The van der Waals surface area contributed by atoms with Gasteiger partial charge < -0.3 is 10.2 Å². The van der Waals surface area contributed by atoms with Crippen LogP contribution in [-0.2, 0) is 26.2 Å². The summed E-state index contributed by atoms with van der Waals surface area (Å²) in [6.07, 6.45) is 1.18. The summed E-state index contributed by atoms with van der Waals surface area (Å²) in [7, 11) is -2.47. The lowest BCUT2D eigenvalue weighted by atomic mass is 10.1. The van der Waals surface area contributed by atoms with E-state index in [1.54, 1.807) is 12.1 Å². The second kappa shape index (κ2) is 12.1. The van der Waals surface area contributed by atoms with E-state index >= 15 is 0 Å². The largest absolute Gasteiger partial charge is 0.352 e. The Morgan fingerprint density at radius 3 is 1.94 bits per heavy atom. The van der Waals surface area contributed by atoms with Gasteiger partial charge in [0.25, 0.3) is 0 Å². The van der Waals surface area contributed by atoms with Crippen LogP contribution in [0.2, 0.25) is 0 Å². The normalized spacial score (nSPS) is 13.4. The van der Waals surface area contributed by atoms with Crippen molar-refractivity contribution in [3.8, 4) is 0 Å². The molecule has 2 atom stereocenters. The van der Waals surface area contributed by atoms with Gasteiger partial charge in [-0.3, -0.25) is 9.59 Å². The number of hydrogen-bond donors (Lipinski definition) is 1. The van der Waals surface area contributed by atoms with Gasteiger partial charge in [0, 0.05) is 19.6 Å². The van der Waals surface area contributed by atoms with Crippen LogP contribution in [0.25, 0.3) is 0 Å². The van der Waals surface area contributed by atoms with Crippen molar-refractivity contribution in [2.45, 2.75) is 71.0 Å². The number of hydrogen-bond acceptors (Lipinski definition) is 4. The zero-order chi connectivity index (χ0) is 25.5. The molecule has 0 saturated heterocycles. The minimum atomic E-state index is -3.85. The van der Waals surface area contributed by atoms with Crippen molar-refractivity contribution >= 4 is 21.8 Å². The Balaban J connectivity index is 2.32. The predicted molar refractivity (Wildman–Crippen MR) is 135 cm³/mol. The van der Waals surface area contributed by atoms with E-state index in [9.17, 15) is 18.0 Å². The maximum Gasteiger partial charge on any atom is 0.243 e. The highest BCUT2D eigenvalue weighted by atomic mass is 32.2. The minimum Gasteiger partial charge on any atom is -0.352 e. The summed E-state index contributed by atoms with van der Waals surface area (Å²) in [5, 5.41) is 2.96. The third kappa shape index (κ3) is 7.14. The maximum atomic E-state index is 13.5. The van der Waals surface area contributed by atoms with Crippen LogP contribution < -0.4 is 5.32 Å². The molecule has 2 rings (SSSR count). The summed E-state index contributed by atoms with van der Waals surface area (Å²) in [6.45, 7) is 9.45. The summed E-state index contributed by atoms with van der Waals surface area (Å²) in [5.41, 5.74) is 2.91. The SMILES string of the molecule is CCC(C)NC(=O)C(CC)N(Cc1ccc(C)cc1)C(=O)CN(C)S(=O)(=O)c1ccc(C)cc1. The lowest BCUT2D eigenvalue weighted by Crippen LogP contribution is -2.53. The molecule has 2 aromatic rings. The minimum absolute atomic E-state index is 0.0255. The van der Waals surface area contributed by atoms with E-state index in [0.29, 0.717) is 6.42 Å². The predicted octanol–water partition coefficient (Wildman–Crippen LogP) is 3.65. The van der Waals surface area contributed by atoms with Gasteiger partial charge in [-0.25, -0.2) is 8.42 Å². The highest BCUT2D eigenvalue weighted by Gasteiger charge is 2.32. The first-order valence-corrected chi connectivity index (χ1v) is 13.1. The molecular weight excluding hydrogens is 450 g/mol. The Bertz CT molecular complexity index is 1070. The summed E-state index contributed by atoms with van der Waals surface area (Å²) in [4.78, 5) is 28.1. The molecule has 0 aliphatic heterocycles. The van der Waals surface area contributed by atoms with Gasteiger partial charge >= 0.3 is 0 Å². The molecule has 0 fully saturated rings. The molecule has 0 saturated carbocycles. The van der Waals surface area contributed by atoms with Crippen molar-refractivity contribution < 1.29 is 18.0 Å². The summed E-state index contributed by atoms with van der Waals surface area (Å²) < 4.78 is 27.1. The Kier molecular flexibility index (Phi) is 9.82. The molecule has 1 N–H and O–H groups in total. The summed E-state index contributed by atoms with van der Waals surface area (Å²) >= 11 is 0. The van der Waals surface area contributed by atoms with Gasteiger partial charge in [-0.15, -0.1) is 0 Å². The average molecular weight is 488 g/mol. The highest BCUT2D eigenvalue weighted by molar-refractivity contribution is 7.89. The van der Waals surface area contributed by atoms with Crippen LogP contribution in [0.1, 0.15) is 50.3 Å². The fraction of sp³-hybridized carbons (Fsp3) is 0.462. The van der Waals surface area contributed by atoms with Crippen molar-refractivity contribution in [1.29, 1.82) is 0 Å². The summed E-state index contributed by atoms with van der Waals surface area (Å²) in [6, 6.07) is 13.5. The zero-order valence-corrected chi connectivity index (χ0v) is 21.9. The van der Waals surface area contributed by atoms with Crippen molar-refractivity contribution in [2.24, 2.45) is 0 Å². The topological polar surface area (TPSA) is 86.8 Å². The lowest BCUT2D eigenvalue weighted by molar-refractivity contribution is -0.141. The van der Waals surface area contributed by atoms with Gasteiger partial charge in [0.15, 0.2) is 0 Å². The highest BCUT2D eigenvalue weighted by Crippen LogP contribution is 2.18. The lowest BCUT2D eigenvalue weighted by Gasteiger charge is -2.32. The molecule has 7 nitrogen and oxygen atoms in total. The Hall–Kier alpha value is -2.71. The Labute approximate surface area is 204 Å². The van der Waals surface area contributed by atoms with E-state index in [0.717, 1.165) is 27.4 Å². The summed E-state index contributed by atoms with van der Waals surface area (Å²) in [5.74, 6) is -0.661. The third-order valence-electron chi connectivity index (χ3n) is 5.95. The quantitative estimate of drug-likeness (QED) is 0.524. The fourth-order valence-corrected chi connectivity index (χ4v) is 4.63. The monoisotopic (exact) mass is 487 g/mol. The maximum absolute atomic E-state index is 13.5. The van der Waals surface area contributed by atoms with Crippen molar-refractivity contribution in [3.63, 3.8) is 0 Å². The third-order valence-corrected chi connectivity index (χ3v) is 7.77.